The normalized spacial score (nSPS) is 10.9. The third kappa shape index (κ3) is 3.67. The highest BCUT2D eigenvalue weighted by Gasteiger charge is 2.25. The van der Waals surface area contributed by atoms with Gasteiger partial charge >= 0.3 is 0 Å². The molecule has 0 fully saturated rings. The maximum Gasteiger partial charge on any atom is 0.298 e. The molecular formula is C24H19ClN2O2. The molecule has 0 aliphatic heterocycles. The van der Waals surface area contributed by atoms with Gasteiger partial charge in [-0.05, 0) is 61.4 Å². The first kappa shape index (κ1) is 19.0. The number of anilines is 1. The highest BCUT2D eigenvalue weighted by atomic mass is 35.5. The average Bonchev–Trinajstić information content (AvgIpc) is 3.09. The molecule has 5 heteroatoms. The van der Waals surface area contributed by atoms with Gasteiger partial charge in [-0.1, -0.05) is 47.5 Å². The number of benzene rings is 2. The van der Waals surface area contributed by atoms with Crippen molar-refractivity contribution < 1.29 is 9.59 Å². The molecule has 4 aromatic rings. The minimum atomic E-state index is -0.670. The Morgan fingerprint density at radius 1 is 0.931 bits per heavy atom. The van der Waals surface area contributed by atoms with Crippen molar-refractivity contribution in [3.8, 4) is 11.1 Å². The molecule has 0 unspecified atom stereocenters. The van der Waals surface area contributed by atoms with E-state index >= 15 is 0 Å². The van der Waals surface area contributed by atoms with Crippen molar-refractivity contribution in [2.24, 2.45) is 0 Å². The van der Waals surface area contributed by atoms with E-state index in [-0.39, 0.29) is 0 Å². The molecule has 4 rings (SSSR count). The van der Waals surface area contributed by atoms with Crippen LogP contribution in [0.5, 0.6) is 0 Å². The van der Waals surface area contributed by atoms with E-state index in [9.17, 15) is 9.59 Å². The number of fused-ring (bicyclic) bond motifs is 1. The molecular weight excluding hydrogens is 384 g/mol. The molecule has 0 atom stereocenters. The Balaban J connectivity index is 1.77. The summed E-state index contributed by atoms with van der Waals surface area (Å²) in [6.45, 7) is 3.88. The summed E-state index contributed by atoms with van der Waals surface area (Å²) in [7, 11) is 0. The van der Waals surface area contributed by atoms with Crippen LogP contribution in [0.25, 0.3) is 16.6 Å². The number of rotatable bonds is 4. The number of carbonyl (C=O) groups is 2. The van der Waals surface area contributed by atoms with Crippen molar-refractivity contribution in [2.45, 2.75) is 13.8 Å². The number of aromatic nitrogens is 1. The Labute approximate surface area is 173 Å². The lowest BCUT2D eigenvalue weighted by atomic mass is 10.0. The first-order valence-electron chi connectivity index (χ1n) is 9.23. The lowest BCUT2D eigenvalue weighted by molar-refractivity contribution is -0.112. The van der Waals surface area contributed by atoms with E-state index in [1.807, 2.05) is 68.4 Å². The molecule has 4 nitrogen and oxygen atoms in total. The molecule has 2 heterocycles. The van der Waals surface area contributed by atoms with E-state index in [1.165, 1.54) is 0 Å². The van der Waals surface area contributed by atoms with Gasteiger partial charge < -0.3 is 9.72 Å². The summed E-state index contributed by atoms with van der Waals surface area (Å²) in [6.07, 6.45) is 1.78. The number of aryl methyl sites for hydroxylation is 2. The van der Waals surface area contributed by atoms with Gasteiger partial charge in [0, 0.05) is 28.0 Å². The Hall–Kier alpha value is -3.37. The van der Waals surface area contributed by atoms with Crippen molar-refractivity contribution in [3.63, 3.8) is 0 Å². The summed E-state index contributed by atoms with van der Waals surface area (Å²) in [6, 6.07) is 20.4. The van der Waals surface area contributed by atoms with Crippen LogP contribution in [0, 0.1) is 13.8 Å². The van der Waals surface area contributed by atoms with Crippen molar-refractivity contribution in [1.82, 2.24) is 4.40 Å². The first-order chi connectivity index (χ1) is 13.9. The van der Waals surface area contributed by atoms with Crippen LogP contribution in [-0.2, 0) is 4.79 Å². The number of nitrogens with one attached hydrogen (secondary N) is 1. The maximum atomic E-state index is 13.2. The monoisotopic (exact) mass is 402 g/mol. The van der Waals surface area contributed by atoms with Crippen LogP contribution in [0.3, 0.4) is 0 Å². The zero-order valence-corrected chi connectivity index (χ0v) is 16.8. The predicted octanol–water partition coefficient (Wildman–Crippen LogP) is 5.70. The van der Waals surface area contributed by atoms with E-state index in [0.29, 0.717) is 22.0 Å². The second-order valence-electron chi connectivity index (χ2n) is 7.01. The van der Waals surface area contributed by atoms with Crippen LogP contribution in [-0.4, -0.2) is 16.1 Å². The zero-order valence-electron chi connectivity index (χ0n) is 16.1. The molecule has 0 aliphatic carbocycles. The molecule has 0 spiro atoms. The number of carbonyl (C=O) groups excluding carboxylic acids is 2. The number of hydrogen-bond acceptors (Lipinski definition) is 2. The number of ketones is 1. The van der Waals surface area contributed by atoms with Gasteiger partial charge in [-0.2, -0.15) is 0 Å². The minimum Gasteiger partial charge on any atom is -0.319 e. The van der Waals surface area contributed by atoms with Crippen LogP contribution in [0.15, 0.2) is 72.9 Å². The fourth-order valence-electron chi connectivity index (χ4n) is 3.45. The van der Waals surface area contributed by atoms with Crippen LogP contribution in [0.2, 0.25) is 5.02 Å². The van der Waals surface area contributed by atoms with Crippen LogP contribution in [0.1, 0.15) is 21.6 Å². The zero-order chi connectivity index (χ0) is 20.5. The molecule has 2 aromatic carbocycles. The Bertz CT molecular complexity index is 1240. The molecule has 0 radical (unpaired) electrons. The number of pyridine rings is 1. The van der Waals surface area contributed by atoms with Crippen molar-refractivity contribution >= 4 is 34.5 Å². The summed E-state index contributed by atoms with van der Waals surface area (Å²) < 4.78 is 1.74. The summed E-state index contributed by atoms with van der Waals surface area (Å²) >= 11 is 6.01. The molecule has 0 saturated heterocycles. The van der Waals surface area contributed by atoms with E-state index in [1.54, 1.807) is 22.7 Å². The van der Waals surface area contributed by atoms with Crippen LogP contribution < -0.4 is 5.32 Å². The van der Waals surface area contributed by atoms with Gasteiger partial charge in [0.2, 0.25) is 0 Å². The van der Waals surface area contributed by atoms with E-state index in [2.05, 4.69) is 5.32 Å². The van der Waals surface area contributed by atoms with Gasteiger partial charge in [-0.3, -0.25) is 9.59 Å². The topological polar surface area (TPSA) is 50.6 Å². The SMILES string of the molecule is Cc1ccc(NC(=O)C(=O)c2c(-c3ccc(Cl)cc3)cc3ccccn23)c(C)c1. The van der Waals surface area contributed by atoms with Crippen molar-refractivity contribution in [3.05, 3.63) is 94.8 Å². The maximum absolute atomic E-state index is 13.2. The number of Topliss-reactive ketones (excluding diaryl/α,β-unsaturated/α-hetero) is 1. The van der Waals surface area contributed by atoms with Crippen molar-refractivity contribution in [1.29, 1.82) is 0 Å². The van der Waals surface area contributed by atoms with Gasteiger partial charge in [0.1, 0.15) is 5.69 Å². The van der Waals surface area contributed by atoms with Gasteiger partial charge in [0.15, 0.2) is 0 Å². The quantitative estimate of drug-likeness (QED) is 0.351. The fourth-order valence-corrected chi connectivity index (χ4v) is 3.57. The number of nitrogens with zero attached hydrogens (tertiary/aromatic N) is 1. The summed E-state index contributed by atoms with van der Waals surface area (Å²) in [4.78, 5) is 26.0. The smallest absolute Gasteiger partial charge is 0.298 e. The predicted molar refractivity (Wildman–Crippen MR) is 117 cm³/mol. The van der Waals surface area contributed by atoms with Gasteiger partial charge in [-0.25, -0.2) is 0 Å². The van der Waals surface area contributed by atoms with E-state index in [0.717, 1.165) is 22.2 Å². The van der Waals surface area contributed by atoms with Gasteiger partial charge in [-0.15, -0.1) is 0 Å². The summed E-state index contributed by atoms with van der Waals surface area (Å²) in [5.41, 5.74) is 5.29. The fraction of sp³-hybridized carbons (Fsp3) is 0.0833. The minimum absolute atomic E-state index is 0.324. The molecule has 0 saturated carbocycles. The molecule has 2 aromatic heterocycles. The molecule has 0 bridgehead atoms. The van der Waals surface area contributed by atoms with Crippen molar-refractivity contribution in [2.75, 3.05) is 5.32 Å². The molecule has 0 aliphatic rings. The molecule has 1 N–H and O–H groups in total. The number of halogens is 1. The Kier molecular flexibility index (Phi) is 4.95. The first-order valence-corrected chi connectivity index (χ1v) is 9.61. The third-order valence-corrected chi connectivity index (χ3v) is 5.14. The molecule has 144 valence electrons. The highest BCUT2D eigenvalue weighted by molar-refractivity contribution is 6.47. The van der Waals surface area contributed by atoms with E-state index < -0.39 is 11.7 Å². The Morgan fingerprint density at radius 3 is 2.41 bits per heavy atom. The summed E-state index contributed by atoms with van der Waals surface area (Å²) in [5.74, 6) is -1.27. The third-order valence-electron chi connectivity index (χ3n) is 4.89. The lowest BCUT2D eigenvalue weighted by Gasteiger charge is -2.10. The summed E-state index contributed by atoms with van der Waals surface area (Å²) in [5, 5.41) is 3.36. The van der Waals surface area contributed by atoms with E-state index in [4.69, 9.17) is 11.6 Å². The Morgan fingerprint density at radius 2 is 1.69 bits per heavy atom. The molecule has 29 heavy (non-hydrogen) atoms. The second kappa shape index (κ2) is 7.57. The van der Waals surface area contributed by atoms with Gasteiger partial charge in [0.05, 0.1) is 0 Å². The van der Waals surface area contributed by atoms with Crippen LogP contribution in [0.4, 0.5) is 5.69 Å². The average molecular weight is 403 g/mol. The largest absolute Gasteiger partial charge is 0.319 e. The molecule has 1 amide bonds. The second-order valence-corrected chi connectivity index (χ2v) is 7.45. The highest BCUT2D eigenvalue weighted by Crippen LogP contribution is 2.29. The lowest BCUT2D eigenvalue weighted by Crippen LogP contribution is -2.25. The van der Waals surface area contributed by atoms with Crippen LogP contribution >= 0.6 is 11.6 Å². The number of hydrogen-bond donors (Lipinski definition) is 1. The number of amides is 1. The standard InChI is InChI=1S/C24H19ClN2O2/c1-15-6-11-21(16(2)13-15)26-24(29)23(28)22-20(17-7-9-18(25)10-8-17)14-19-5-3-4-12-27(19)22/h3-14H,1-2H3,(H,26,29). The van der Waals surface area contributed by atoms with Gasteiger partial charge in [0.25, 0.3) is 11.7 Å².